The Labute approximate surface area is 149 Å². The van der Waals surface area contributed by atoms with E-state index in [9.17, 15) is 4.79 Å². The molecule has 2 saturated heterocycles. The normalized spacial score (nSPS) is 23.2. The van der Waals surface area contributed by atoms with E-state index in [4.69, 9.17) is 4.74 Å². The van der Waals surface area contributed by atoms with Crippen molar-refractivity contribution in [2.24, 2.45) is 5.41 Å². The van der Waals surface area contributed by atoms with Crippen LogP contribution in [0.2, 0.25) is 0 Å². The van der Waals surface area contributed by atoms with Gasteiger partial charge in [0.05, 0.1) is 31.1 Å². The third-order valence-electron chi connectivity index (χ3n) is 4.74. The molecule has 1 unspecified atom stereocenters. The molecule has 1 atom stereocenters. The van der Waals surface area contributed by atoms with Gasteiger partial charge in [-0.1, -0.05) is 13.8 Å². The van der Waals surface area contributed by atoms with E-state index in [0.717, 1.165) is 57.2 Å². The summed E-state index contributed by atoms with van der Waals surface area (Å²) in [5.74, 6) is 0.957. The minimum atomic E-state index is -0.157. The highest BCUT2D eigenvalue weighted by atomic mass is 35.5. The first-order valence-electron chi connectivity index (χ1n) is 8.39. The molecule has 134 valence electrons. The summed E-state index contributed by atoms with van der Waals surface area (Å²) in [4.78, 5) is 19.2. The number of aromatic nitrogens is 1. The van der Waals surface area contributed by atoms with Gasteiger partial charge in [-0.05, 0) is 36.9 Å². The zero-order valence-electron chi connectivity index (χ0n) is 14.4. The van der Waals surface area contributed by atoms with Crippen LogP contribution in [0.5, 0.6) is 0 Å². The number of carbonyl (C=O) groups excluding carboxylic acids is 1. The molecule has 3 rings (SSSR count). The molecule has 0 radical (unpaired) electrons. The number of halogens is 1. The average molecular weight is 355 g/mol. The van der Waals surface area contributed by atoms with Gasteiger partial charge < -0.3 is 20.3 Å². The van der Waals surface area contributed by atoms with Crippen molar-refractivity contribution in [1.82, 2.24) is 10.3 Å². The molecule has 0 spiro atoms. The van der Waals surface area contributed by atoms with Crippen LogP contribution in [-0.2, 0) is 9.53 Å². The van der Waals surface area contributed by atoms with Gasteiger partial charge >= 0.3 is 0 Å². The van der Waals surface area contributed by atoms with Crippen molar-refractivity contribution in [3.05, 3.63) is 18.3 Å². The van der Waals surface area contributed by atoms with Crippen molar-refractivity contribution in [2.75, 3.05) is 43.1 Å². The van der Waals surface area contributed by atoms with Gasteiger partial charge in [0, 0.05) is 13.1 Å². The van der Waals surface area contributed by atoms with Gasteiger partial charge in [0.25, 0.3) is 0 Å². The van der Waals surface area contributed by atoms with Crippen molar-refractivity contribution < 1.29 is 9.53 Å². The quantitative estimate of drug-likeness (QED) is 0.869. The monoisotopic (exact) mass is 354 g/mol. The summed E-state index contributed by atoms with van der Waals surface area (Å²) in [5.41, 5.74) is 0.721. The van der Waals surface area contributed by atoms with E-state index in [0.29, 0.717) is 0 Å². The molecule has 0 bridgehead atoms. The summed E-state index contributed by atoms with van der Waals surface area (Å²) in [6.45, 7) is 8.38. The zero-order valence-corrected chi connectivity index (χ0v) is 15.2. The Balaban J connectivity index is 0.00000208. The first-order chi connectivity index (χ1) is 11.1. The molecule has 2 aliphatic rings. The molecule has 0 saturated carbocycles. The van der Waals surface area contributed by atoms with Crippen molar-refractivity contribution in [2.45, 2.75) is 32.7 Å². The van der Waals surface area contributed by atoms with Crippen LogP contribution in [0.15, 0.2) is 18.3 Å². The number of hydrogen-bond acceptors (Lipinski definition) is 5. The molecule has 1 aromatic heterocycles. The molecule has 2 aliphatic heterocycles. The molecule has 1 aromatic rings. The Morgan fingerprint density at radius 2 is 2.12 bits per heavy atom. The number of amides is 1. The Kier molecular flexibility index (Phi) is 6.43. The SMILES string of the molecule is CC1(C)CCCNC1C(=O)Nc1ccc(N2CCOCC2)nc1.Cl. The summed E-state index contributed by atoms with van der Waals surface area (Å²) in [5, 5.41) is 6.33. The van der Waals surface area contributed by atoms with E-state index in [2.05, 4.69) is 34.4 Å². The van der Waals surface area contributed by atoms with E-state index in [1.165, 1.54) is 0 Å². The lowest BCUT2D eigenvalue weighted by Gasteiger charge is -2.38. The molecule has 24 heavy (non-hydrogen) atoms. The van der Waals surface area contributed by atoms with Crippen LogP contribution in [0, 0.1) is 5.41 Å². The fourth-order valence-corrected chi connectivity index (χ4v) is 3.31. The van der Waals surface area contributed by atoms with E-state index in [1.807, 2.05) is 12.1 Å². The molecule has 7 heteroatoms. The lowest BCUT2D eigenvalue weighted by atomic mass is 9.77. The molecule has 3 heterocycles. The highest BCUT2D eigenvalue weighted by molar-refractivity contribution is 5.95. The number of piperidine rings is 1. The highest BCUT2D eigenvalue weighted by Gasteiger charge is 2.37. The molecule has 1 amide bonds. The molecular formula is C17H27ClN4O2. The van der Waals surface area contributed by atoms with Crippen LogP contribution in [0.25, 0.3) is 0 Å². The van der Waals surface area contributed by atoms with Crippen molar-refractivity contribution in [3.8, 4) is 0 Å². The third kappa shape index (κ3) is 4.37. The molecule has 0 aromatic carbocycles. The second kappa shape index (κ2) is 8.14. The number of morpholine rings is 1. The van der Waals surface area contributed by atoms with Gasteiger partial charge in [-0.25, -0.2) is 4.98 Å². The van der Waals surface area contributed by atoms with Crippen LogP contribution in [0.1, 0.15) is 26.7 Å². The van der Waals surface area contributed by atoms with Crippen molar-refractivity contribution >= 4 is 29.8 Å². The maximum atomic E-state index is 12.5. The van der Waals surface area contributed by atoms with Crippen molar-refractivity contribution in [3.63, 3.8) is 0 Å². The number of ether oxygens (including phenoxy) is 1. The first kappa shape index (κ1) is 19.0. The lowest BCUT2D eigenvalue weighted by Crippen LogP contribution is -2.53. The molecule has 6 nitrogen and oxygen atoms in total. The molecular weight excluding hydrogens is 328 g/mol. The van der Waals surface area contributed by atoms with Gasteiger partial charge in [0.15, 0.2) is 0 Å². The Morgan fingerprint density at radius 3 is 2.75 bits per heavy atom. The van der Waals surface area contributed by atoms with E-state index in [-0.39, 0.29) is 29.8 Å². The fourth-order valence-electron chi connectivity index (χ4n) is 3.31. The maximum absolute atomic E-state index is 12.5. The third-order valence-corrected chi connectivity index (χ3v) is 4.74. The molecule has 0 aliphatic carbocycles. The van der Waals surface area contributed by atoms with Gasteiger partial charge in [-0.3, -0.25) is 4.79 Å². The van der Waals surface area contributed by atoms with Crippen LogP contribution in [0.3, 0.4) is 0 Å². The van der Waals surface area contributed by atoms with E-state index in [1.54, 1.807) is 6.20 Å². The number of carbonyl (C=O) groups is 1. The predicted octanol–water partition coefficient (Wildman–Crippen LogP) is 2.06. The summed E-state index contributed by atoms with van der Waals surface area (Å²) >= 11 is 0. The number of anilines is 2. The zero-order chi connectivity index (χ0) is 16.3. The van der Waals surface area contributed by atoms with Gasteiger partial charge in [-0.15, -0.1) is 12.4 Å². The Hall–Kier alpha value is -1.37. The van der Waals surface area contributed by atoms with Crippen LogP contribution in [0.4, 0.5) is 11.5 Å². The van der Waals surface area contributed by atoms with Crippen LogP contribution < -0.4 is 15.5 Å². The second-order valence-electron chi connectivity index (χ2n) is 6.97. The minimum absolute atomic E-state index is 0. The summed E-state index contributed by atoms with van der Waals surface area (Å²) in [6, 6.07) is 3.72. The van der Waals surface area contributed by atoms with Crippen molar-refractivity contribution in [1.29, 1.82) is 0 Å². The number of rotatable bonds is 3. The van der Waals surface area contributed by atoms with Gasteiger partial charge in [0.2, 0.25) is 5.91 Å². The van der Waals surface area contributed by atoms with Gasteiger partial charge in [0.1, 0.15) is 5.82 Å². The smallest absolute Gasteiger partial charge is 0.242 e. The number of hydrogen-bond donors (Lipinski definition) is 2. The average Bonchev–Trinajstić information content (AvgIpc) is 2.56. The van der Waals surface area contributed by atoms with E-state index >= 15 is 0 Å². The standard InChI is InChI=1S/C17H26N4O2.ClH/c1-17(2)6-3-7-18-15(17)16(22)20-13-4-5-14(19-12-13)21-8-10-23-11-9-21;/h4-5,12,15,18H,3,6-11H2,1-2H3,(H,20,22);1H. The largest absolute Gasteiger partial charge is 0.378 e. The maximum Gasteiger partial charge on any atom is 0.242 e. The highest BCUT2D eigenvalue weighted by Crippen LogP contribution is 2.30. The van der Waals surface area contributed by atoms with Crippen LogP contribution in [-0.4, -0.2) is 49.8 Å². The Morgan fingerprint density at radius 1 is 1.38 bits per heavy atom. The Bertz CT molecular complexity index is 544. The fraction of sp³-hybridized carbons (Fsp3) is 0.647. The van der Waals surface area contributed by atoms with Gasteiger partial charge in [-0.2, -0.15) is 0 Å². The summed E-state index contributed by atoms with van der Waals surface area (Å²) in [7, 11) is 0. The number of nitrogens with zero attached hydrogens (tertiary/aromatic N) is 2. The topological polar surface area (TPSA) is 66.5 Å². The molecule has 2 fully saturated rings. The first-order valence-corrected chi connectivity index (χ1v) is 8.39. The minimum Gasteiger partial charge on any atom is -0.378 e. The predicted molar refractivity (Wildman–Crippen MR) is 98.0 cm³/mol. The molecule has 2 N–H and O–H groups in total. The summed E-state index contributed by atoms with van der Waals surface area (Å²) < 4.78 is 5.35. The second-order valence-corrected chi connectivity index (χ2v) is 6.97. The summed E-state index contributed by atoms with van der Waals surface area (Å²) in [6.07, 6.45) is 3.91. The van der Waals surface area contributed by atoms with Crippen LogP contribution >= 0.6 is 12.4 Å². The number of nitrogens with one attached hydrogen (secondary N) is 2. The lowest BCUT2D eigenvalue weighted by molar-refractivity contribution is -0.121. The number of pyridine rings is 1. The van der Waals surface area contributed by atoms with E-state index < -0.39 is 0 Å².